The molecule has 2 fully saturated rings. The van der Waals surface area contributed by atoms with E-state index in [0.717, 1.165) is 49.9 Å². The van der Waals surface area contributed by atoms with Gasteiger partial charge in [-0.15, -0.1) is 0 Å². The van der Waals surface area contributed by atoms with Gasteiger partial charge >= 0.3 is 0 Å². The van der Waals surface area contributed by atoms with Gasteiger partial charge in [-0.25, -0.2) is 0 Å². The number of hydrogen-bond donors (Lipinski definition) is 4. The summed E-state index contributed by atoms with van der Waals surface area (Å²) in [6.45, 7) is 2.21. The molecule has 1 unspecified atom stereocenters. The Morgan fingerprint density at radius 3 is 2.58 bits per heavy atom. The summed E-state index contributed by atoms with van der Waals surface area (Å²) in [4.78, 5) is 13.2. The van der Waals surface area contributed by atoms with Gasteiger partial charge in [-0.3, -0.25) is 4.79 Å². The first kappa shape index (κ1) is 21.6. The van der Waals surface area contributed by atoms with Crippen LogP contribution in [0.15, 0.2) is 30.3 Å². The van der Waals surface area contributed by atoms with Crippen molar-refractivity contribution in [3.8, 4) is 17.6 Å². The highest BCUT2D eigenvalue weighted by Gasteiger charge is 2.29. The number of ether oxygens (including phenoxy) is 1. The largest absolute Gasteiger partial charge is 0.508 e. The van der Waals surface area contributed by atoms with Gasteiger partial charge in [0.25, 0.3) is 5.91 Å². The van der Waals surface area contributed by atoms with Crippen molar-refractivity contribution in [1.82, 2.24) is 5.32 Å². The van der Waals surface area contributed by atoms with E-state index in [-0.39, 0.29) is 11.7 Å². The van der Waals surface area contributed by atoms with Gasteiger partial charge in [0.05, 0.1) is 23.9 Å². The number of nitrogens with one attached hydrogen (secondary N) is 3. The molecule has 0 bridgehead atoms. The fraction of sp³-hybridized carbons (Fsp3) is 0.462. The molecule has 3 aliphatic rings. The lowest BCUT2D eigenvalue weighted by Crippen LogP contribution is -2.41. The zero-order valence-electron chi connectivity index (χ0n) is 18.7. The van der Waals surface area contributed by atoms with Crippen molar-refractivity contribution in [1.29, 1.82) is 5.26 Å². The van der Waals surface area contributed by atoms with Crippen LogP contribution in [0.5, 0.6) is 11.5 Å². The predicted molar refractivity (Wildman–Crippen MR) is 127 cm³/mol. The Labute approximate surface area is 194 Å². The van der Waals surface area contributed by atoms with Crippen LogP contribution < -0.4 is 20.7 Å². The maximum Gasteiger partial charge on any atom is 0.267 e. The van der Waals surface area contributed by atoms with Crippen molar-refractivity contribution >= 4 is 17.3 Å². The molecule has 0 spiro atoms. The van der Waals surface area contributed by atoms with E-state index in [4.69, 9.17) is 10.00 Å². The molecule has 2 aromatic carbocycles. The molecule has 0 aromatic heterocycles. The van der Waals surface area contributed by atoms with Crippen LogP contribution >= 0.6 is 0 Å². The maximum atomic E-state index is 13.2. The number of rotatable bonds is 4. The van der Waals surface area contributed by atoms with Crippen molar-refractivity contribution < 1.29 is 14.6 Å². The molecule has 1 saturated carbocycles. The second kappa shape index (κ2) is 9.32. The lowest BCUT2D eigenvalue weighted by atomic mass is 9.85. The van der Waals surface area contributed by atoms with Gasteiger partial charge in [0.1, 0.15) is 11.5 Å². The summed E-state index contributed by atoms with van der Waals surface area (Å²) in [5, 5.41) is 29.6. The first-order valence-electron chi connectivity index (χ1n) is 12.0. The predicted octanol–water partition coefficient (Wildman–Crippen LogP) is 4.20. The van der Waals surface area contributed by atoms with Crippen LogP contribution in [-0.4, -0.2) is 36.8 Å². The number of phenolic OH excluding ortho intramolecular Hbond substituents is 1. The minimum atomic E-state index is -0.706. The summed E-state index contributed by atoms with van der Waals surface area (Å²) < 4.78 is 5.93. The van der Waals surface area contributed by atoms with E-state index in [9.17, 15) is 9.90 Å². The van der Waals surface area contributed by atoms with Gasteiger partial charge < -0.3 is 25.8 Å². The summed E-state index contributed by atoms with van der Waals surface area (Å²) in [6.07, 6.45) is 5.94. The zero-order valence-corrected chi connectivity index (χ0v) is 18.7. The fourth-order valence-electron chi connectivity index (χ4n) is 5.36. The van der Waals surface area contributed by atoms with Gasteiger partial charge in [0.2, 0.25) is 0 Å². The summed E-state index contributed by atoms with van der Waals surface area (Å²) >= 11 is 0. The van der Waals surface area contributed by atoms with Crippen LogP contribution in [-0.2, 0) is 4.79 Å². The molecule has 4 N–H and O–H groups in total. The Kier molecular flexibility index (Phi) is 6.10. The van der Waals surface area contributed by atoms with Gasteiger partial charge in [0.15, 0.2) is 6.10 Å². The van der Waals surface area contributed by atoms with Gasteiger partial charge in [-0.05, 0) is 86.0 Å². The molecular formula is C26H30N4O3. The van der Waals surface area contributed by atoms with Crippen molar-refractivity contribution in [2.24, 2.45) is 0 Å². The number of anilines is 2. The van der Waals surface area contributed by atoms with Crippen LogP contribution in [0, 0.1) is 11.3 Å². The van der Waals surface area contributed by atoms with E-state index in [1.165, 1.54) is 12.8 Å². The van der Waals surface area contributed by atoms with Crippen LogP contribution in [0.4, 0.5) is 11.4 Å². The molecule has 2 aromatic rings. The highest BCUT2D eigenvalue weighted by Crippen LogP contribution is 2.43. The van der Waals surface area contributed by atoms with Crippen molar-refractivity contribution in [2.45, 2.75) is 56.5 Å². The van der Waals surface area contributed by atoms with E-state index in [1.807, 2.05) is 0 Å². The number of carbonyl (C=O) groups is 1. The SMILES string of the molecule is N#Cc1ccc2c(c1)NCC(C(=O)Nc1cc(O)c(C3CCCC3)cc1C1CCNCC1)O2. The normalized spacial score (nSPS) is 20.9. The molecule has 7 nitrogen and oxygen atoms in total. The molecule has 1 atom stereocenters. The first-order valence-corrected chi connectivity index (χ1v) is 12.0. The molecule has 2 heterocycles. The molecule has 7 heteroatoms. The number of benzene rings is 2. The van der Waals surface area contributed by atoms with Crippen molar-refractivity contribution in [3.05, 3.63) is 47.0 Å². The van der Waals surface area contributed by atoms with Crippen LogP contribution in [0.3, 0.4) is 0 Å². The number of carbonyl (C=O) groups excluding carboxylic acids is 1. The van der Waals surface area contributed by atoms with Crippen molar-refractivity contribution in [3.63, 3.8) is 0 Å². The molecule has 1 aliphatic carbocycles. The van der Waals surface area contributed by atoms with Gasteiger partial charge in [-0.1, -0.05) is 12.8 Å². The zero-order chi connectivity index (χ0) is 22.8. The number of fused-ring (bicyclic) bond motifs is 1. The molecule has 2 aliphatic heterocycles. The monoisotopic (exact) mass is 446 g/mol. The molecule has 172 valence electrons. The quantitative estimate of drug-likeness (QED) is 0.561. The number of hydrogen-bond acceptors (Lipinski definition) is 6. The van der Waals surface area contributed by atoms with Gasteiger partial charge in [-0.2, -0.15) is 5.26 Å². The van der Waals surface area contributed by atoms with E-state index >= 15 is 0 Å². The Hall–Kier alpha value is -3.24. The molecule has 5 rings (SSSR count). The molecule has 0 radical (unpaired) electrons. The number of amides is 1. The molecule has 1 amide bonds. The van der Waals surface area contributed by atoms with Crippen LogP contribution in [0.1, 0.15) is 67.1 Å². The second-order valence-electron chi connectivity index (χ2n) is 9.30. The standard InChI is InChI=1S/C26H30N4O3/c27-14-16-5-6-24-22(11-16)29-15-25(33-24)26(32)30-21-13-23(31)20(17-3-1-2-4-17)12-19(21)18-7-9-28-10-8-18/h5-6,11-13,17-18,25,28-29,31H,1-4,7-10,15H2,(H,30,32). The fourth-order valence-corrected chi connectivity index (χ4v) is 5.36. The van der Waals surface area contributed by atoms with Crippen molar-refractivity contribution in [2.75, 3.05) is 30.3 Å². The summed E-state index contributed by atoms with van der Waals surface area (Å²) in [6, 6.07) is 11.1. The number of aromatic hydroxyl groups is 1. The van der Waals surface area contributed by atoms with E-state index in [1.54, 1.807) is 24.3 Å². The minimum Gasteiger partial charge on any atom is -0.508 e. The van der Waals surface area contributed by atoms with E-state index in [0.29, 0.717) is 41.1 Å². The number of nitriles is 1. The third-order valence-corrected chi connectivity index (χ3v) is 7.18. The Morgan fingerprint density at radius 2 is 1.82 bits per heavy atom. The lowest BCUT2D eigenvalue weighted by Gasteiger charge is -2.29. The number of phenols is 1. The average molecular weight is 447 g/mol. The van der Waals surface area contributed by atoms with E-state index in [2.05, 4.69) is 28.1 Å². The average Bonchev–Trinajstić information content (AvgIpc) is 3.38. The molecule has 33 heavy (non-hydrogen) atoms. The highest BCUT2D eigenvalue weighted by molar-refractivity contribution is 5.96. The number of piperidine rings is 1. The maximum absolute atomic E-state index is 13.2. The smallest absolute Gasteiger partial charge is 0.267 e. The van der Waals surface area contributed by atoms with Crippen LogP contribution in [0.2, 0.25) is 0 Å². The Morgan fingerprint density at radius 1 is 1.06 bits per heavy atom. The number of nitrogens with zero attached hydrogens (tertiary/aromatic N) is 1. The van der Waals surface area contributed by atoms with E-state index < -0.39 is 6.10 Å². The molecule has 1 saturated heterocycles. The summed E-state index contributed by atoms with van der Waals surface area (Å²) in [5.74, 6) is 1.32. The Bertz CT molecular complexity index is 1080. The van der Waals surface area contributed by atoms with Crippen LogP contribution in [0.25, 0.3) is 0 Å². The minimum absolute atomic E-state index is 0.249. The topological polar surface area (TPSA) is 106 Å². The summed E-state index contributed by atoms with van der Waals surface area (Å²) in [5.41, 5.74) is 4.08. The third-order valence-electron chi connectivity index (χ3n) is 7.18. The highest BCUT2D eigenvalue weighted by atomic mass is 16.5. The summed E-state index contributed by atoms with van der Waals surface area (Å²) in [7, 11) is 0. The lowest BCUT2D eigenvalue weighted by molar-refractivity contribution is -0.122. The Balaban J connectivity index is 1.39. The van der Waals surface area contributed by atoms with Gasteiger partial charge in [0, 0.05) is 11.8 Å². The second-order valence-corrected chi connectivity index (χ2v) is 9.30. The molecular weight excluding hydrogens is 416 g/mol. The first-order chi connectivity index (χ1) is 16.1. The third kappa shape index (κ3) is 4.49.